The van der Waals surface area contributed by atoms with Crippen LogP contribution in [0.1, 0.15) is 211 Å². The minimum Gasteiger partial charge on any atom is -0.494 e. The van der Waals surface area contributed by atoms with Crippen LogP contribution < -0.4 is 64.0 Å². The van der Waals surface area contributed by atoms with Crippen LogP contribution in [0.15, 0.2) is 85.0 Å². The quantitative estimate of drug-likeness (QED) is 0.0100. The summed E-state index contributed by atoms with van der Waals surface area (Å²) in [6.45, 7) is 45.4. The van der Waals surface area contributed by atoms with Crippen LogP contribution >= 0.6 is 0 Å². The van der Waals surface area contributed by atoms with E-state index in [2.05, 4.69) is 142 Å². The molecule has 0 spiro atoms. The Morgan fingerprint density at radius 2 is 0.715 bits per heavy atom. The fourth-order valence-corrected chi connectivity index (χ4v) is 42.2. The summed E-state index contributed by atoms with van der Waals surface area (Å²) in [5.74, 6) is -1.43. The van der Waals surface area contributed by atoms with E-state index in [0.29, 0.717) is 136 Å². The number of benzene rings is 4. The van der Waals surface area contributed by atoms with Gasteiger partial charge in [-0.2, -0.15) is 10.2 Å². The number of anilines is 4. The fraction of sp³-hybridized carbons (Fsp3) is 0.551. The van der Waals surface area contributed by atoms with E-state index in [1.54, 1.807) is 104 Å². The van der Waals surface area contributed by atoms with Crippen LogP contribution in [-0.4, -0.2) is 245 Å². The molecule has 0 radical (unpaired) electrons. The van der Waals surface area contributed by atoms with Gasteiger partial charge in [0.15, 0.2) is 12.6 Å². The van der Waals surface area contributed by atoms with Crippen LogP contribution in [0.25, 0.3) is 44.1 Å². The number of nitrogens with zero attached hydrogens (tertiary/aromatic N) is 12. The molecule has 0 aliphatic carbocycles. The number of hydrogen-bond donors (Lipinski definition) is 8. The standard InChI is InChI=1S/C56H80N12O12Si2.C42H64N8O10Si2/c1-15-67-41(24-35(11)63-67)52(71)61-55-59-39-26-37(50(57)69)28-43(73-13)46(39)65(55)20-17-18-21-66-47-40(60-56(66)62-53(72)42-25-36(12)64-68(42)16-2)27-38(51(58)70)29-44(47)75-22-19-23-76-49-48-45(78-54(49)74-14)30-77-81(31(3)4,32(5)6)80-82(79-48,33(7)8)34(9)10;1-23(2)61(24(3)4)57-22-33-36(59-62(60-61,25(5)6)26(7)8)37(40(54-10)58-33)56-17-13-16-55-32-21-28(39(44)52)19-30-35(32)50(42(46)48-30)15-12-11-14-49-34-29(47-41(49)45)18-27(38(43)51)20-31(34)53-9/h17-18,24-29,31-34,45,48-49,54H,15-16,19-23,30H2,1-14H3,(H2,57,69)(H2,58,70)(H,59,61,71)(H,60,62,72);11-12,18-21,23-26,33,36-37,40H,13-17,22H2,1-10H3,(H2,43,51)(H2,44,52)(H2,45,47)(H2,46,48)/b18-17+;12-11+/t45-,48-,49-,54-;33-,36-,37-,40-/m11/s1. The predicted octanol–water partition coefficient (Wildman–Crippen LogP) is 13.4. The SMILES string of the molecule is CCn1nc(C)cc1C(=O)Nc1nc2cc(C(N)=O)cc(OC)c2n1C/C=C/Cn1c(NC(=O)c2cc(C)nn2CC)nc2cc(C(N)=O)cc(OCCCO[C@H]3[C@H](OC)O[C@@H]4CO[Si](C(C)C)(C(C)C)O[Si](C(C)C)(C(C)C)O[C@@H]34)c21.COc1cc(C(N)=O)cc2nc(N)n(C/C=C/Cn3c(N)nc4cc(C(N)=O)cc(OCCCO[C@H]5[C@H](OC)O[C@@H]6CO[Si](C(C)C)(C(C)C)O[Si](C(C)C)(C(C)C)O[C@@H]56)c43)c12. The molecule has 0 bridgehead atoms. The Hall–Kier alpha value is -11.3. The van der Waals surface area contributed by atoms with Crippen molar-refractivity contribution in [2.45, 2.75) is 284 Å². The molecule has 46 heteroatoms. The molecule has 4 aliphatic rings. The van der Waals surface area contributed by atoms with E-state index in [9.17, 15) is 28.8 Å². The van der Waals surface area contributed by atoms with Crippen molar-refractivity contribution in [2.24, 2.45) is 22.9 Å². The van der Waals surface area contributed by atoms with E-state index >= 15 is 0 Å². The minimum atomic E-state index is -3.02. The van der Waals surface area contributed by atoms with Gasteiger partial charge in [-0.3, -0.25) is 48.8 Å². The summed E-state index contributed by atoms with van der Waals surface area (Å²) in [5, 5.41) is 14.8. The number of hydrogen-bond acceptors (Lipinski definition) is 30. The van der Waals surface area contributed by atoms with E-state index in [-0.39, 0.29) is 136 Å². The van der Waals surface area contributed by atoms with Crippen LogP contribution in [0.2, 0.25) is 44.3 Å². The van der Waals surface area contributed by atoms with Crippen molar-refractivity contribution in [3.05, 3.63) is 130 Å². The molecule has 4 saturated heterocycles. The lowest BCUT2D eigenvalue weighted by Gasteiger charge is -2.51. The molecule has 8 atom stereocenters. The number of ether oxygens (including phenoxy) is 10. The molecule has 42 nitrogen and oxygen atoms in total. The Morgan fingerprint density at radius 3 is 1.02 bits per heavy atom. The third kappa shape index (κ3) is 22.5. The van der Waals surface area contributed by atoms with Crippen LogP contribution in [0.4, 0.5) is 23.8 Å². The van der Waals surface area contributed by atoms with Crippen LogP contribution in [-0.2, 0) is 93.6 Å². The molecule has 10 aromatic rings. The van der Waals surface area contributed by atoms with Gasteiger partial charge >= 0.3 is 34.2 Å². The zero-order valence-electron chi connectivity index (χ0n) is 87.0. The first-order valence-electron chi connectivity index (χ1n) is 49.2. The van der Waals surface area contributed by atoms with E-state index in [0.717, 1.165) is 0 Å². The maximum atomic E-state index is 14.1. The molecular weight excluding hydrogens is 1920 g/mol. The lowest BCUT2D eigenvalue weighted by atomic mass is 10.1. The van der Waals surface area contributed by atoms with Gasteiger partial charge in [0.05, 0.1) is 87.3 Å². The number of amides is 6. The first kappa shape index (κ1) is 110. The largest absolute Gasteiger partial charge is 0.494 e. The number of nitrogen functional groups attached to an aromatic ring is 2. The molecular formula is C98H144N20O22Si4. The van der Waals surface area contributed by atoms with E-state index in [1.165, 1.54) is 26.4 Å². The predicted molar refractivity (Wildman–Crippen MR) is 553 cm³/mol. The topological polar surface area (TPSA) is 537 Å². The van der Waals surface area contributed by atoms with Crippen molar-refractivity contribution in [1.82, 2.24) is 57.8 Å². The van der Waals surface area contributed by atoms with Gasteiger partial charge in [-0.25, -0.2) is 19.9 Å². The summed E-state index contributed by atoms with van der Waals surface area (Å²) in [6.07, 6.45) is 3.88. The molecule has 144 heavy (non-hydrogen) atoms. The monoisotopic (exact) mass is 2060 g/mol. The average molecular weight is 2070 g/mol. The molecule has 6 aromatic heterocycles. The summed E-state index contributed by atoms with van der Waals surface area (Å²) < 4.78 is 116. The number of methoxy groups -OCH3 is 4. The second-order valence-electron chi connectivity index (χ2n) is 39.1. The van der Waals surface area contributed by atoms with Gasteiger partial charge in [-0.05, 0) is 133 Å². The number of aryl methyl sites for hydroxylation is 4. The molecule has 0 unspecified atom stereocenters. The molecule has 4 fully saturated rings. The Kier molecular flexibility index (Phi) is 35.2. The first-order chi connectivity index (χ1) is 68.4. The van der Waals surface area contributed by atoms with Gasteiger partial charge in [0.25, 0.3) is 11.8 Å². The zero-order chi connectivity index (χ0) is 105. The number of primary amides is 4. The van der Waals surface area contributed by atoms with Crippen LogP contribution in [0, 0.1) is 13.8 Å². The minimum absolute atomic E-state index is 0.0878. The number of allylic oxidation sites excluding steroid dienone is 4. The normalized spacial score (nSPS) is 20.0. The summed E-state index contributed by atoms with van der Waals surface area (Å²) in [4.78, 5) is 96.1. The summed E-state index contributed by atoms with van der Waals surface area (Å²) >= 11 is 0. The van der Waals surface area contributed by atoms with Gasteiger partial charge in [-0.1, -0.05) is 135 Å². The summed E-state index contributed by atoms with van der Waals surface area (Å²) in [6, 6.07) is 15.8. The first-order valence-corrected chi connectivity index (χ1v) is 57.1. The van der Waals surface area contributed by atoms with Crippen molar-refractivity contribution in [1.29, 1.82) is 0 Å². The Morgan fingerprint density at radius 1 is 0.417 bits per heavy atom. The van der Waals surface area contributed by atoms with Crippen molar-refractivity contribution in [3.63, 3.8) is 0 Å². The van der Waals surface area contributed by atoms with Gasteiger partial charge in [-0.15, -0.1) is 0 Å². The van der Waals surface area contributed by atoms with Gasteiger partial charge < -0.3 is 126 Å². The van der Waals surface area contributed by atoms with Crippen molar-refractivity contribution < 1.29 is 102 Å². The van der Waals surface area contributed by atoms with Crippen molar-refractivity contribution in [2.75, 3.05) is 90.2 Å². The highest BCUT2D eigenvalue weighted by molar-refractivity contribution is 6.84. The van der Waals surface area contributed by atoms with Gasteiger partial charge in [0, 0.05) is 88.6 Å². The molecule has 784 valence electrons. The average Bonchev–Trinajstić information content (AvgIpc) is 1.46. The third-order valence-electron chi connectivity index (χ3n) is 27.0. The fourth-order valence-electron chi connectivity index (χ4n) is 19.8. The number of nitrogens with two attached hydrogens (primary N) is 6. The third-order valence-corrected chi connectivity index (χ3v) is 47.5. The highest BCUT2D eigenvalue weighted by Gasteiger charge is 2.64. The summed E-state index contributed by atoms with van der Waals surface area (Å²) in [7, 11) is -5.38. The molecule has 10 heterocycles. The number of carbonyl (C=O) groups is 6. The number of aromatic nitrogens is 12. The zero-order valence-corrected chi connectivity index (χ0v) is 91.0. The maximum absolute atomic E-state index is 14.1. The lowest BCUT2D eigenvalue weighted by molar-refractivity contribution is -0.165. The van der Waals surface area contributed by atoms with E-state index < -0.39 is 119 Å². The molecule has 6 amide bonds. The van der Waals surface area contributed by atoms with Crippen molar-refractivity contribution in [3.8, 4) is 23.0 Å². The number of nitrogens with one attached hydrogen (secondary N) is 2. The maximum Gasteiger partial charge on any atom is 0.335 e. The highest BCUT2D eigenvalue weighted by atomic mass is 28.5. The smallest absolute Gasteiger partial charge is 0.335 e. The number of rotatable bonds is 42. The Bertz CT molecular complexity index is 6330. The molecule has 14 N–H and O–H groups in total. The highest BCUT2D eigenvalue weighted by Crippen LogP contribution is 2.51. The number of fused-ring (bicyclic) bond motifs is 6. The van der Waals surface area contributed by atoms with Crippen LogP contribution in [0.5, 0.6) is 23.0 Å². The molecule has 0 saturated carbocycles. The van der Waals surface area contributed by atoms with Gasteiger partial charge in [0.1, 0.15) is 93.1 Å². The second-order valence-corrected chi connectivity index (χ2v) is 56.7. The van der Waals surface area contributed by atoms with Crippen molar-refractivity contribution >= 4 is 138 Å². The van der Waals surface area contributed by atoms with Gasteiger partial charge in [0.2, 0.25) is 47.4 Å². The van der Waals surface area contributed by atoms with E-state index in [1.807, 2.05) is 38.2 Å². The number of carbonyl (C=O) groups excluding carboxylic acids is 6. The molecule has 4 aromatic carbocycles. The Balaban J connectivity index is 0.000000251. The second kappa shape index (κ2) is 46.2. The van der Waals surface area contributed by atoms with Crippen LogP contribution in [0.3, 0.4) is 0 Å². The molecule has 14 rings (SSSR count). The van der Waals surface area contributed by atoms with E-state index in [4.69, 9.17) is 118 Å². The molecule has 4 aliphatic heterocycles. The summed E-state index contributed by atoms with van der Waals surface area (Å²) in [5.41, 5.74) is 43.2. The lowest BCUT2D eigenvalue weighted by Crippen LogP contribution is -2.66. The number of imidazole rings is 4. The Labute approximate surface area is 843 Å².